The van der Waals surface area contributed by atoms with E-state index in [2.05, 4.69) is 11.9 Å². The van der Waals surface area contributed by atoms with Crippen LogP contribution in [-0.4, -0.2) is 23.8 Å². The number of carbonyl (C=O) groups excluding carboxylic acids is 1. The fourth-order valence-corrected chi connectivity index (χ4v) is 5.84. The van der Waals surface area contributed by atoms with Crippen molar-refractivity contribution in [3.63, 3.8) is 0 Å². The van der Waals surface area contributed by atoms with Crippen LogP contribution in [-0.2, 0) is 9.53 Å². The lowest BCUT2D eigenvalue weighted by molar-refractivity contribution is -0.140. The molecule has 8 heteroatoms. The zero-order valence-electron chi connectivity index (χ0n) is 21.2. The number of nitrogens with zero attached hydrogens (tertiary/aromatic N) is 2. The van der Waals surface area contributed by atoms with Crippen LogP contribution in [0.5, 0.6) is 5.75 Å². The number of allylic oxidation sites excluding steroid dienone is 1. The molecular formula is C28H32N2O4S2. The van der Waals surface area contributed by atoms with Gasteiger partial charge >= 0.3 is 5.97 Å². The molecule has 0 saturated heterocycles. The van der Waals surface area contributed by atoms with Crippen molar-refractivity contribution in [2.45, 2.75) is 53.0 Å². The highest BCUT2D eigenvalue weighted by Crippen LogP contribution is 2.33. The van der Waals surface area contributed by atoms with Crippen LogP contribution in [0.25, 0.3) is 6.08 Å². The fourth-order valence-electron chi connectivity index (χ4n) is 3.97. The molecule has 190 valence electrons. The Bertz CT molecular complexity index is 1400. The quantitative estimate of drug-likeness (QED) is 0.274. The summed E-state index contributed by atoms with van der Waals surface area (Å²) in [6.07, 6.45) is 5.22. The van der Waals surface area contributed by atoms with Gasteiger partial charge in [-0.1, -0.05) is 63.1 Å². The van der Waals surface area contributed by atoms with Crippen LogP contribution in [0.2, 0.25) is 0 Å². The van der Waals surface area contributed by atoms with E-state index < -0.39 is 12.0 Å². The number of rotatable bonds is 10. The monoisotopic (exact) mass is 524 g/mol. The molecule has 6 nitrogen and oxygen atoms in total. The number of carbonyl (C=O) groups is 1. The molecule has 4 rings (SSSR count). The summed E-state index contributed by atoms with van der Waals surface area (Å²) in [6, 6.07) is 11.1. The molecule has 0 saturated carbocycles. The molecule has 1 atom stereocenters. The molecule has 1 aliphatic rings. The van der Waals surface area contributed by atoms with Gasteiger partial charge in [-0.25, -0.2) is 9.79 Å². The summed E-state index contributed by atoms with van der Waals surface area (Å²) < 4.78 is 13.6. The van der Waals surface area contributed by atoms with Gasteiger partial charge in [0.15, 0.2) is 4.80 Å². The molecular weight excluding hydrogens is 492 g/mol. The smallest absolute Gasteiger partial charge is 0.338 e. The molecule has 1 aliphatic heterocycles. The van der Waals surface area contributed by atoms with Gasteiger partial charge in [-0.2, -0.15) is 0 Å². The van der Waals surface area contributed by atoms with Crippen molar-refractivity contribution in [1.82, 2.24) is 4.57 Å². The maximum atomic E-state index is 13.6. The van der Waals surface area contributed by atoms with Gasteiger partial charge in [-0.05, 0) is 54.5 Å². The van der Waals surface area contributed by atoms with Gasteiger partial charge in [0, 0.05) is 4.88 Å². The Kier molecular flexibility index (Phi) is 8.59. The number of esters is 1. The van der Waals surface area contributed by atoms with Gasteiger partial charge in [0.25, 0.3) is 5.56 Å². The van der Waals surface area contributed by atoms with Crippen LogP contribution in [0.4, 0.5) is 0 Å². The van der Waals surface area contributed by atoms with Crippen molar-refractivity contribution < 1.29 is 14.3 Å². The Labute approximate surface area is 219 Å². The maximum absolute atomic E-state index is 13.6. The molecule has 0 aliphatic carbocycles. The fraction of sp³-hybridized carbons (Fsp3) is 0.393. The second kappa shape index (κ2) is 11.8. The van der Waals surface area contributed by atoms with Crippen LogP contribution < -0.4 is 19.6 Å². The highest BCUT2D eigenvalue weighted by molar-refractivity contribution is 7.10. The second-order valence-corrected chi connectivity index (χ2v) is 11.2. The van der Waals surface area contributed by atoms with Crippen LogP contribution in [0.1, 0.15) is 63.4 Å². The first-order valence-corrected chi connectivity index (χ1v) is 14.0. The Morgan fingerprint density at radius 3 is 2.64 bits per heavy atom. The van der Waals surface area contributed by atoms with Crippen LogP contribution >= 0.6 is 22.7 Å². The number of unbranched alkanes of at least 4 members (excludes halogenated alkanes) is 2. The third-order valence-electron chi connectivity index (χ3n) is 5.80. The van der Waals surface area contributed by atoms with E-state index in [4.69, 9.17) is 9.47 Å². The average molecular weight is 525 g/mol. The van der Waals surface area contributed by atoms with E-state index in [1.807, 2.05) is 68.6 Å². The van der Waals surface area contributed by atoms with Crippen LogP contribution in [0, 0.1) is 5.92 Å². The van der Waals surface area contributed by atoms with E-state index in [0.29, 0.717) is 33.8 Å². The molecule has 36 heavy (non-hydrogen) atoms. The summed E-state index contributed by atoms with van der Waals surface area (Å²) in [4.78, 5) is 32.9. The van der Waals surface area contributed by atoms with Crippen molar-refractivity contribution in [1.29, 1.82) is 0 Å². The molecule has 0 amide bonds. The molecule has 0 fully saturated rings. The summed E-state index contributed by atoms with van der Waals surface area (Å²) in [5, 5.41) is 1.95. The highest BCUT2D eigenvalue weighted by Gasteiger charge is 2.34. The van der Waals surface area contributed by atoms with Gasteiger partial charge in [0.1, 0.15) is 11.8 Å². The third kappa shape index (κ3) is 5.87. The summed E-state index contributed by atoms with van der Waals surface area (Å²) in [5.41, 5.74) is 1.74. The number of thiazole rings is 1. The molecule has 1 unspecified atom stereocenters. The minimum absolute atomic E-state index is 0.168. The number of thiophene rings is 1. The predicted octanol–water partition coefficient (Wildman–Crippen LogP) is 5.06. The Balaban J connectivity index is 1.68. The molecule has 1 aromatic carbocycles. The molecule has 3 aromatic rings. The minimum Gasteiger partial charge on any atom is -0.494 e. The minimum atomic E-state index is -0.554. The Morgan fingerprint density at radius 1 is 1.19 bits per heavy atom. The maximum Gasteiger partial charge on any atom is 0.338 e. The summed E-state index contributed by atoms with van der Waals surface area (Å²) in [6.45, 7) is 8.98. The van der Waals surface area contributed by atoms with Gasteiger partial charge in [0.05, 0.1) is 29.0 Å². The number of hydrogen-bond acceptors (Lipinski definition) is 7. The lowest BCUT2D eigenvalue weighted by atomic mass is 10.0. The summed E-state index contributed by atoms with van der Waals surface area (Å²) in [7, 11) is 0. The van der Waals surface area contributed by atoms with Gasteiger partial charge < -0.3 is 9.47 Å². The van der Waals surface area contributed by atoms with E-state index in [1.165, 1.54) is 22.7 Å². The summed E-state index contributed by atoms with van der Waals surface area (Å²) in [5.74, 6) is 0.610. The van der Waals surface area contributed by atoms with Crippen molar-refractivity contribution in [3.05, 3.63) is 83.2 Å². The normalized spacial score (nSPS) is 15.7. The topological polar surface area (TPSA) is 69.9 Å². The zero-order chi connectivity index (χ0) is 25.7. The lowest BCUT2D eigenvalue weighted by Crippen LogP contribution is -2.39. The van der Waals surface area contributed by atoms with E-state index in [-0.39, 0.29) is 11.5 Å². The second-order valence-electron chi connectivity index (χ2n) is 9.21. The molecule has 0 N–H and O–H groups in total. The third-order valence-corrected chi connectivity index (χ3v) is 7.70. The van der Waals surface area contributed by atoms with E-state index in [9.17, 15) is 9.59 Å². The first-order chi connectivity index (χ1) is 17.4. The number of hydrogen-bond donors (Lipinski definition) is 0. The van der Waals surface area contributed by atoms with Gasteiger partial charge in [-0.15, -0.1) is 11.3 Å². The van der Waals surface area contributed by atoms with E-state index in [0.717, 1.165) is 35.5 Å². The van der Waals surface area contributed by atoms with Crippen LogP contribution in [0.15, 0.2) is 62.8 Å². The SMILES string of the molecule is CCCCCOc1ccc(C=c2sc3n(c2=O)C(c2cccs2)C(C(=O)OCC(C)C)=C(C)N=3)cc1. The molecule has 3 heterocycles. The van der Waals surface area contributed by atoms with Gasteiger partial charge in [0.2, 0.25) is 0 Å². The zero-order valence-corrected chi connectivity index (χ0v) is 22.8. The van der Waals surface area contributed by atoms with Crippen molar-refractivity contribution in [3.8, 4) is 5.75 Å². The van der Waals surface area contributed by atoms with Crippen LogP contribution in [0.3, 0.4) is 0 Å². The first kappa shape index (κ1) is 26.1. The number of ether oxygens (including phenoxy) is 2. The van der Waals surface area contributed by atoms with Crippen molar-refractivity contribution in [2.24, 2.45) is 10.9 Å². The Hall–Kier alpha value is -2.97. The molecule has 0 spiro atoms. The first-order valence-electron chi connectivity index (χ1n) is 12.3. The molecule has 2 aromatic heterocycles. The van der Waals surface area contributed by atoms with Gasteiger partial charge in [-0.3, -0.25) is 9.36 Å². The standard InChI is InChI=1S/C28H32N2O4S2/c1-5-6-7-14-33-21-12-10-20(11-13-21)16-23-26(31)30-25(22-9-8-15-35-22)24(19(4)29-28(30)36-23)27(32)34-17-18(2)3/h8-13,15-16,18,25H,5-7,14,17H2,1-4H3. The average Bonchev–Trinajstić information content (AvgIpc) is 3.49. The largest absolute Gasteiger partial charge is 0.494 e. The Morgan fingerprint density at radius 2 is 1.97 bits per heavy atom. The number of benzene rings is 1. The lowest BCUT2D eigenvalue weighted by Gasteiger charge is -2.23. The van der Waals surface area contributed by atoms with E-state index >= 15 is 0 Å². The van der Waals surface area contributed by atoms with E-state index in [1.54, 1.807) is 4.57 Å². The highest BCUT2D eigenvalue weighted by atomic mass is 32.1. The molecule has 0 bridgehead atoms. The molecule has 0 radical (unpaired) electrons. The number of fused-ring (bicyclic) bond motifs is 1. The van der Waals surface area contributed by atoms with Crippen molar-refractivity contribution in [2.75, 3.05) is 13.2 Å². The summed E-state index contributed by atoms with van der Waals surface area (Å²) >= 11 is 2.84. The number of aromatic nitrogens is 1. The predicted molar refractivity (Wildman–Crippen MR) is 145 cm³/mol. The van der Waals surface area contributed by atoms with Crippen molar-refractivity contribution >= 4 is 34.7 Å².